The van der Waals surface area contributed by atoms with E-state index in [1.165, 1.54) is 26.4 Å². The SMILES string of the molecule is CCCCCCC(C)Oc1cc(C)c(N)c(C(=O)OC)c1. The van der Waals surface area contributed by atoms with Crippen LogP contribution in [0.25, 0.3) is 0 Å². The van der Waals surface area contributed by atoms with Crippen molar-refractivity contribution in [1.29, 1.82) is 0 Å². The summed E-state index contributed by atoms with van der Waals surface area (Å²) < 4.78 is 10.7. The van der Waals surface area contributed by atoms with Gasteiger partial charge in [-0.1, -0.05) is 26.2 Å². The minimum atomic E-state index is -0.434. The van der Waals surface area contributed by atoms with Gasteiger partial charge in [0.2, 0.25) is 0 Å². The second-order valence-electron chi connectivity index (χ2n) is 5.47. The number of hydrogen-bond acceptors (Lipinski definition) is 4. The molecule has 4 heteroatoms. The Morgan fingerprint density at radius 3 is 2.62 bits per heavy atom. The summed E-state index contributed by atoms with van der Waals surface area (Å²) >= 11 is 0. The molecule has 4 nitrogen and oxygen atoms in total. The summed E-state index contributed by atoms with van der Waals surface area (Å²) in [5, 5.41) is 0. The van der Waals surface area contributed by atoms with Gasteiger partial charge in [0.1, 0.15) is 5.75 Å². The van der Waals surface area contributed by atoms with E-state index in [0.717, 1.165) is 18.4 Å². The molecule has 0 aliphatic carbocycles. The normalized spacial score (nSPS) is 12.0. The summed E-state index contributed by atoms with van der Waals surface area (Å²) in [6.45, 7) is 6.11. The van der Waals surface area contributed by atoms with Gasteiger partial charge >= 0.3 is 5.97 Å². The molecule has 21 heavy (non-hydrogen) atoms. The highest BCUT2D eigenvalue weighted by Crippen LogP contribution is 2.26. The number of benzene rings is 1. The first-order valence-electron chi connectivity index (χ1n) is 7.64. The molecular weight excluding hydrogens is 266 g/mol. The Hall–Kier alpha value is -1.71. The lowest BCUT2D eigenvalue weighted by Crippen LogP contribution is -2.13. The van der Waals surface area contributed by atoms with Gasteiger partial charge in [-0.25, -0.2) is 4.79 Å². The number of esters is 1. The van der Waals surface area contributed by atoms with E-state index in [2.05, 4.69) is 13.8 Å². The summed E-state index contributed by atoms with van der Waals surface area (Å²) in [6.07, 6.45) is 6.02. The Morgan fingerprint density at radius 2 is 2.00 bits per heavy atom. The zero-order valence-electron chi connectivity index (χ0n) is 13.6. The monoisotopic (exact) mass is 293 g/mol. The van der Waals surface area contributed by atoms with Crippen molar-refractivity contribution < 1.29 is 14.3 Å². The first kappa shape index (κ1) is 17.3. The molecule has 0 fully saturated rings. The van der Waals surface area contributed by atoms with Crippen molar-refractivity contribution in [2.75, 3.05) is 12.8 Å². The van der Waals surface area contributed by atoms with Crippen LogP contribution in [0.5, 0.6) is 5.75 Å². The average Bonchev–Trinajstić information content (AvgIpc) is 2.46. The first-order valence-corrected chi connectivity index (χ1v) is 7.64. The molecule has 0 saturated carbocycles. The van der Waals surface area contributed by atoms with Crippen molar-refractivity contribution in [2.45, 2.75) is 59.0 Å². The van der Waals surface area contributed by atoms with Crippen LogP contribution in [0.2, 0.25) is 0 Å². The molecule has 0 spiro atoms. The predicted octanol–water partition coefficient (Wildman–Crippen LogP) is 4.10. The van der Waals surface area contributed by atoms with Crippen molar-refractivity contribution >= 4 is 11.7 Å². The molecule has 0 saturated heterocycles. The smallest absolute Gasteiger partial charge is 0.340 e. The van der Waals surface area contributed by atoms with Crippen molar-refractivity contribution in [2.24, 2.45) is 0 Å². The molecule has 1 rings (SSSR count). The van der Waals surface area contributed by atoms with E-state index < -0.39 is 5.97 Å². The van der Waals surface area contributed by atoms with Gasteiger partial charge in [0, 0.05) is 5.69 Å². The number of nitrogens with two attached hydrogens (primary N) is 1. The minimum absolute atomic E-state index is 0.121. The van der Waals surface area contributed by atoms with Gasteiger partial charge in [-0.2, -0.15) is 0 Å². The molecule has 2 N–H and O–H groups in total. The van der Waals surface area contributed by atoms with E-state index in [4.69, 9.17) is 15.2 Å². The van der Waals surface area contributed by atoms with E-state index in [1.54, 1.807) is 6.07 Å². The van der Waals surface area contributed by atoms with Crippen LogP contribution in [0.4, 0.5) is 5.69 Å². The summed E-state index contributed by atoms with van der Waals surface area (Å²) in [6, 6.07) is 3.53. The van der Waals surface area contributed by atoms with Gasteiger partial charge in [-0.3, -0.25) is 0 Å². The Balaban J connectivity index is 2.70. The second kappa shape index (κ2) is 8.55. The largest absolute Gasteiger partial charge is 0.491 e. The summed E-state index contributed by atoms with van der Waals surface area (Å²) in [4.78, 5) is 11.7. The van der Waals surface area contributed by atoms with Crippen LogP contribution in [-0.2, 0) is 4.74 Å². The van der Waals surface area contributed by atoms with Crippen molar-refractivity contribution in [3.8, 4) is 5.75 Å². The number of nitrogen functional groups attached to an aromatic ring is 1. The summed E-state index contributed by atoms with van der Waals surface area (Å²) in [5.74, 6) is 0.238. The standard InChI is InChI=1S/C17H27NO3/c1-5-6-7-8-9-13(3)21-14-10-12(2)16(18)15(11-14)17(19)20-4/h10-11,13H,5-9,18H2,1-4H3. The maximum Gasteiger partial charge on any atom is 0.340 e. The molecule has 1 aromatic rings. The van der Waals surface area contributed by atoms with Crippen LogP contribution in [0.1, 0.15) is 61.9 Å². The molecule has 0 radical (unpaired) electrons. The molecule has 0 aromatic heterocycles. The molecular formula is C17H27NO3. The number of rotatable bonds is 8. The summed E-state index contributed by atoms with van der Waals surface area (Å²) in [7, 11) is 1.35. The lowest BCUT2D eigenvalue weighted by molar-refractivity contribution is 0.0601. The number of ether oxygens (including phenoxy) is 2. The minimum Gasteiger partial charge on any atom is -0.491 e. The van der Waals surface area contributed by atoms with Crippen LogP contribution in [0.3, 0.4) is 0 Å². The zero-order valence-corrected chi connectivity index (χ0v) is 13.6. The number of anilines is 1. The van der Waals surface area contributed by atoms with E-state index >= 15 is 0 Å². The molecule has 1 atom stereocenters. The van der Waals surface area contributed by atoms with E-state index in [9.17, 15) is 4.79 Å². The van der Waals surface area contributed by atoms with Crippen LogP contribution < -0.4 is 10.5 Å². The highest BCUT2D eigenvalue weighted by molar-refractivity contribution is 5.96. The topological polar surface area (TPSA) is 61.5 Å². The van der Waals surface area contributed by atoms with Crippen molar-refractivity contribution in [3.05, 3.63) is 23.3 Å². The number of unbranched alkanes of at least 4 members (excludes halogenated alkanes) is 3. The highest BCUT2D eigenvalue weighted by Gasteiger charge is 2.15. The van der Waals surface area contributed by atoms with Crippen molar-refractivity contribution in [3.63, 3.8) is 0 Å². The van der Waals surface area contributed by atoms with Crippen LogP contribution in [-0.4, -0.2) is 19.2 Å². The van der Waals surface area contributed by atoms with E-state index in [1.807, 2.05) is 13.0 Å². The van der Waals surface area contributed by atoms with E-state index in [0.29, 0.717) is 17.0 Å². The number of carbonyl (C=O) groups excluding carboxylic acids is 1. The maximum atomic E-state index is 11.7. The quantitative estimate of drug-likeness (QED) is 0.445. The highest BCUT2D eigenvalue weighted by atomic mass is 16.5. The third kappa shape index (κ3) is 5.29. The molecule has 1 aromatic carbocycles. The molecule has 0 bridgehead atoms. The molecule has 0 aliphatic heterocycles. The molecule has 1 unspecified atom stereocenters. The third-order valence-corrected chi connectivity index (χ3v) is 3.57. The van der Waals surface area contributed by atoms with Gasteiger partial charge in [0.25, 0.3) is 0 Å². The number of hydrogen-bond donors (Lipinski definition) is 1. The summed E-state index contributed by atoms with van der Waals surface area (Å²) in [5.41, 5.74) is 7.56. The Bertz CT molecular complexity index is 471. The van der Waals surface area contributed by atoms with Crippen LogP contribution in [0, 0.1) is 6.92 Å². The fourth-order valence-corrected chi connectivity index (χ4v) is 2.26. The van der Waals surface area contributed by atoms with Gasteiger partial charge in [0.05, 0.1) is 18.8 Å². The Labute approximate surface area is 127 Å². The Kier molecular flexibility index (Phi) is 7.06. The Morgan fingerprint density at radius 1 is 1.29 bits per heavy atom. The van der Waals surface area contributed by atoms with Gasteiger partial charge < -0.3 is 15.2 Å². The predicted molar refractivity (Wildman–Crippen MR) is 85.8 cm³/mol. The lowest BCUT2D eigenvalue weighted by atomic mass is 10.1. The molecule has 0 amide bonds. The lowest BCUT2D eigenvalue weighted by Gasteiger charge is -2.17. The fraction of sp³-hybridized carbons (Fsp3) is 0.588. The number of carbonyl (C=O) groups is 1. The van der Waals surface area contributed by atoms with Crippen molar-refractivity contribution in [1.82, 2.24) is 0 Å². The van der Waals surface area contributed by atoms with Gasteiger partial charge in [-0.05, 0) is 44.4 Å². The maximum absolute atomic E-state index is 11.7. The van der Waals surface area contributed by atoms with E-state index in [-0.39, 0.29) is 6.10 Å². The van der Waals surface area contributed by atoms with Gasteiger partial charge in [-0.15, -0.1) is 0 Å². The molecule has 0 heterocycles. The van der Waals surface area contributed by atoms with Crippen LogP contribution >= 0.6 is 0 Å². The third-order valence-electron chi connectivity index (χ3n) is 3.57. The number of aryl methyl sites for hydroxylation is 1. The molecule has 0 aliphatic rings. The van der Waals surface area contributed by atoms with Crippen LogP contribution in [0.15, 0.2) is 12.1 Å². The second-order valence-corrected chi connectivity index (χ2v) is 5.47. The van der Waals surface area contributed by atoms with Gasteiger partial charge in [0.15, 0.2) is 0 Å². The zero-order chi connectivity index (χ0) is 15.8. The fourth-order valence-electron chi connectivity index (χ4n) is 2.26. The first-order chi connectivity index (χ1) is 9.99. The average molecular weight is 293 g/mol. The number of methoxy groups -OCH3 is 1. The molecule has 118 valence electrons.